The highest BCUT2D eigenvalue weighted by Crippen LogP contribution is 2.39. The number of ether oxygens (including phenoxy) is 1. The van der Waals surface area contributed by atoms with E-state index in [1.54, 1.807) is 54.7 Å². The molecule has 0 fully saturated rings. The Kier molecular flexibility index (Phi) is 3.98. The molecule has 1 atom stereocenters. The lowest BCUT2D eigenvalue weighted by atomic mass is 9.98. The molecule has 0 aliphatic carbocycles. The van der Waals surface area contributed by atoms with Crippen LogP contribution in [0, 0.1) is 0 Å². The van der Waals surface area contributed by atoms with Gasteiger partial charge in [0.1, 0.15) is 17.1 Å². The fraction of sp³-hybridized carbons (Fsp3) is 0.130. The largest absolute Gasteiger partial charge is 0.497 e. The van der Waals surface area contributed by atoms with E-state index in [0.717, 1.165) is 5.56 Å². The molecule has 0 spiro atoms. The van der Waals surface area contributed by atoms with E-state index >= 15 is 0 Å². The summed E-state index contributed by atoms with van der Waals surface area (Å²) in [6, 6.07) is 17.3. The summed E-state index contributed by atoms with van der Waals surface area (Å²) in [7, 11) is 1.59. The van der Waals surface area contributed by atoms with Gasteiger partial charge >= 0.3 is 0 Å². The number of hydrogen-bond acceptors (Lipinski definition) is 5. The Balaban J connectivity index is 1.72. The number of furan rings is 1. The van der Waals surface area contributed by atoms with Gasteiger partial charge in [0.25, 0.3) is 5.91 Å². The van der Waals surface area contributed by atoms with Crippen LogP contribution in [0.5, 0.6) is 5.75 Å². The van der Waals surface area contributed by atoms with E-state index in [-0.39, 0.29) is 23.6 Å². The second-order valence-electron chi connectivity index (χ2n) is 6.86. The molecule has 6 heteroatoms. The Hall–Kier alpha value is -3.80. The predicted octanol–water partition coefficient (Wildman–Crippen LogP) is 4.14. The summed E-state index contributed by atoms with van der Waals surface area (Å²) < 4.78 is 16.6. The van der Waals surface area contributed by atoms with Gasteiger partial charge in [-0.15, -0.1) is 0 Å². The van der Waals surface area contributed by atoms with Crippen LogP contribution >= 0.6 is 0 Å². The van der Waals surface area contributed by atoms with Gasteiger partial charge in [-0.05, 0) is 42.0 Å². The van der Waals surface area contributed by atoms with Crippen molar-refractivity contribution >= 4 is 16.9 Å². The molecule has 0 N–H and O–H groups in total. The van der Waals surface area contributed by atoms with Gasteiger partial charge in [0, 0.05) is 0 Å². The van der Waals surface area contributed by atoms with E-state index < -0.39 is 6.04 Å². The van der Waals surface area contributed by atoms with E-state index in [1.165, 1.54) is 0 Å². The highest BCUT2D eigenvalue weighted by molar-refractivity contribution is 5.99. The normalized spacial score (nSPS) is 15.7. The number of amides is 1. The third-order valence-electron chi connectivity index (χ3n) is 5.21. The van der Waals surface area contributed by atoms with Crippen molar-refractivity contribution in [1.82, 2.24) is 4.90 Å². The van der Waals surface area contributed by atoms with Crippen LogP contribution in [0.25, 0.3) is 11.0 Å². The Labute approximate surface area is 165 Å². The Morgan fingerprint density at radius 3 is 2.52 bits per heavy atom. The van der Waals surface area contributed by atoms with Crippen molar-refractivity contribution in [3.8, 4) is 5.75 Å². The molecular weight excluding hydrogens is 370 g/mol. The summed E-state index contributed by atoms with van der Waals surface area (Å²) in [5.74, 6) is 1.07. The standard InChI is InChI=1S/C23H17NO5/c1-27-15-10-8-14(9-11-15)20-19-21(25)17-6-2-3-7-18(17)29-22(19)23(26)24(20)13-16-5-4-12-28-16/h2-12,20H,13H2,1H3/t20-/m1/s1. The second kappa shape index (κ2) is 6.67. The van der Waals surface area contributed by atoms with Crippen molar-refractivity contribution in [3.05, 3.63) is 99.8 Å². The molecule has 4 aromatic rings. The van der Waals surface area contributed by atoms with Gasteiger partial charge in [0.15, 0.2) is 5.43 Å². The molecule has 2 aromatic heterocycles. The quantitative estimate of drug-likeness (QED) is 0.526. The number of benzene rings is 2. The van der Waals surface area contributed by atoms with E-state index in [1.807, 2.05) is 24.3 Å². The van der Waals surface area contributed by atoms with Crippen LogP contribution < -0.4 is 10.2 Å². The Morgan fingerprint density at radius 1 is 1.00 bits per heavy atom. The van der Waals surface area contributed by atoms with Crippen LogP contribution in [0.3, 0.4) is 0 Å². The number of nitrogens with zero attached hydrogens (tertiary/aromatic N) is 1. The molecule has 0 saturated carbocycles. The van der Waals surface area contributed by atoms with Crippen molar-refractivity contribution in [2.45, 2.75) is 12.6 Å². The smallest absolute Gasteiger partial charge is 0.291 e. The van der Waals surface area contributed by atoms with E-state index in [0.29, 0.717) is 28.0 Å². The minimum absolute atomic E-state index is 0.0843. The zero-order chi connectivity index (χ0) is 20.0. The molecule has 0 bridgehead atoms. The number of hydrogen-bond donors (Lipinski definition) is 0. The number of para-hydroxylation sites is 1. The van der Waals surface area contributed by atoms with Gasteiger partial charge in [-0.25, -0.2) is 0 Å². The zero-order valence-electron chi connectivity index (χ0n) is 15.6. The predicted molar refractivity (Wildman–Crippen MR) is 106 cm³/mol. The molecule has 0 radical (unpaired) electrons. The molecule has 0 saturated heterocycles. The minimum atomic E-state index is -0.575. The first kappa shape index (κ1) is 17.3. The summed E-state index contributed by atoms with van der Waals surface area (Å²) in [6.07, 6.45) is 1.56. The third-order valence-corrected chi connectivity index (χ3v) is 5.21. The van der Waals surface area contributed by atoms with Crippen molar-refractivity contribution in [2.24, 2.45) is 0 Å². The molecule has 1 aliphatic heterocycles. The minimum Gasteiger partial charge on any atom is -0.497 e. The van der Waals surface area contributed by atoms with E-state index in [4.69, 9.17) is 13.6 Å². The van der Waals surface area contributed by atoms with Gasteiger partial charge in [-0.1, -0.05) is 24.3 Å². The molecule has 1 aliphatic rings. The molecule has 0 unspecified atom stereocenters. The van der Waals surface area contributed by atoms with Crippen LogP contribution in [-0.2, 0) is 6.54 Å². The van der Waals surface area contributed by atoms with Crippen LogP contribution in [0.1, 0.15) is 33.5 Å². The topological polar surface area (TPSA) is 72.9 Å². The van der Waals surface area contributed by atoms with Gasteiger partial charge in [0.05, 0.1) is 36.9 Å². The fourth-order valence-electron chi connectivity index (χ4n) is 3.83. The third kappa shape index (κ3) is 2.72. The average Bonchev–Trinajstić information content (AvgIpc) is 3.36. The second-order valence-corrected chi connectivity index (χ2v) is 6.86. The Bertz CT molecular complexity index is 1250. The van der Waals surface area contributed by atoms with E-state index in [9.17, 15) is 9.59 Å². The summed E-state index contributed by atoms with van der Waals surface area (Å²) in [5, 5.41) is 0.456. The van der Waals surface area contributed by atoms with Gasteiger partial charge in [-0.2, -0.15) is 0 Å². The Morgan fingerprint density at radius 2 is 1.79 bits per heavy atom. The molecule has 144 valence electrons. The molecule has 6 nitrogen and oxygen atoms in total. The highest BCUT2D eigenvalue weighted by Gasteiger charge is 2.43. The van der Waals surface area contributed by atoms with Crippen molar-refractivity contribution < 1.29 is 18.4 Å². The van der Waals surface area contributed by atoms with Crippen LogP contribution in [-0.4, -0.2) is 17.9 Å². The first-order valence-electron chi connectivity index (χ1n) is 9.20. The number of carbonyl (C=O) groups is 1. The van der Waals surface area contributed by atoms with Gasteiger partial charge in [-0.3, -0.25) is 9.59 Å². The van der Waals surface area contributed by atoms with E-state index in [2.05, 4.69) is 0 Å². The highest BCUT2D eigenvalue weighted by atomic mass is 16.5. The van der Waals surface area contributed by atoms with Crippen molar-refractivity contribution in [1.29, 1.82) is 0 Å². The number of fused-ring (bicyclic) bond motifs is 2. The fourth-order valence-corrected chi connectivity index (χ4v) is 3.83. The lowest BCUT2D eigenvalue weighted by Gasteiger charge is -2.24. The first-order chi connectivity index (χ1) is 14.2. The number of methoxy groups -OCH3 is 1. The van der Waals surface area contributed by atoms with Crippen molar-refractivity contribution in [3.63, 3.8) is 0 Å². The molecule has 1 amide bonds. The lowest BCUT2D eigenvalue weighted by Crippen LogP contribution is -2.29. The molecular formula is C23H17NO5. The van der Waals surface area contributed by atoms with Crippen LogP contribution in [0.4, 0.5) is 0 Å². The maximum Gasteiger partial charge on any atom is 0.291 e. The molecule has 2 aromatic carbocycles. The number of carbonyl (C=O) groups excluding carboxylic acids is 1. The maximum atomic E-state index is 13.3. The first-order valence-corrected chi connectivity index (χ1v) is 9.20. The SMILES string of the molecule is COc1ccc([C@@H]2c3c(oc4ccccc4c3=O)C(=O)N2Cc2ccco2)cc1. The van der Waals surface area contributed by atoms with Gasteiger partial charge < -0.3 is 18.5 Å². The zero-order valence-corrected chi connectivity index (χ0v) is 15.6. The van der Waals surface area contributed by atoms with Crippen LogP contribution in [0.2, 0.25) is 0 Å². The summed E-state index contributed by atoms with van der Waals surface area (Å²) in [5.41, 5.74) is 1.35. The summed E-state index contributed by atoms with van der Waals surface area (Å²) in [4.78, 5) is 28.2. The summed E-state index contributed by atoms with van der Waals surface area (Å²) in [6.45, 7) is 0.225. The maximum absolute atomic E-state index is 13.3. The molecule has 29 heavy (non-hydrogen) atoms. The monoisotopic (exact) mass is 387 g/mol. The lowest BCUT2D eigenvalue weighted by molar-refractivity contribution is 0.0701. The van der Waals surface area contributed by atoms with Crippen LogP contribution in [0.15, 0.2) is 80.6 Å². The molecule has 3 heterocycles. The van der Waals surface area contributed by atoms with Gasteiger partial charge in [0.2, 0.25) is 5.76 Å². The molecule has 5 rings (SSSR count). The van der Waals surface area contributed by atoms with Crippen molar-refractivity contribution in [2.75, 3.05) is 7.11 Å². The summed E-state index contributed by atoms with van der Waals surface area (Å²) >= 11 is 0. The average molecular weight is 387 g/mol. The number of rotatable bonds is 4.